The molecule has 2 rings (SSSR count). The normalized spacial score (nSPS) is 15.8. The van der Waals surface area contributed by atoms with Crippen LogP contribution < -0.4 is 0 Å². The van der Waals surface area contributed by atoms with Gasteiger partial charge in [-0.3, -0.25) is 9.69 Å². The quantitative estimate of drug-likeness (QED) is 0.778. The van der Waals surface area contributed by atoms with Gasteiger partial charge in [0.05, 0.1) is 0 Å². The summed E-state index contributed by atoms with van der Waals surface area (Å²) in [5.41, 5.74) is 1.76. The van der Waals surface area contributed by atoms with Gasteiger partial charge in [-0.1, -0.05) is 18.2 Å². The molecule has 1 saturated heterocycles. The van der Waals surface area contributed by atoms with E-state index in [1.54, 1.807) is 6.07 Å². The molecule has 0 atom stereocenters. The van der Waals surface area contributed by atoms with E-state index in [9.17, 15) is 4.79 Å². The fourth-order valence-electron chi connectivity index (χ4n) is 1.99. The van der Waals surface area contributed by atoms with E-state index in [1.165, 1.54) is 31.5 Å². The number of hydrogen-bond donors (Lipinski definition) is 0. The average Bonchev–Trinajstić information content (AvgIpc) is 2.71. The van der Waals surface area contributed by atoms with Crippen LogP contribution in [0.5, 0.6) is 0 Å². The van der Waals surface area contributed by atoms with Crippen molar-refractivity contribution in [3.05, 3.63) is 35.4 Å². The molecule has 1 aliphatic rings. The predicted molar refractivity (Wildman–Crippen MR) is 68.4 cm³/mol. The highest BCUT2D eigenvalue weighted by atomic mass is 35.5. The predicted octanol–water partition coefficient (Wildman–Crippen LogP) is 3.08. The lowest BCUT2D eigenvalue weighted by Crippen LogP contribution is -2.18. The second kappa shape index (κ2) is 6.24. The Morgan fingerprint density at radius 1 is 1.31 bits per heavy atom. The Balaban J connectivity index is 0.00000128. The van der Waals surface area contributed by atoms with Crippen molar-refractivity contribution in [2.75, 3.05) is 13.1 Å². The van der Waals surface area contributed by atoms with Gasteiger partial charge in [0, 0.05) is 12.1 Å². The molecule has 0 unspecified atom stereocenters. The SMILES string of the molecule is Cl.O=C(Cl)c1cccc(CN2CCCC2)c1. The number of carbonyl (C=O) groups excluding carboxylic acids is 1. The second-order valence-corrected chi connectivity index (χ2v) is 4.30. The molecule has 0 saturated carbocycles. The van der Waals surface area contributed by atoms with Gasteiger partial charge in [0.25, 0.3) is 5.24 Å². The number of carbonyl (C=O) groups is 1. The first kappa shape index (κ1) is 13.5. The van der Waals surface area contributed by atoms with Gasteiger partial charge < -0.3 is 0 Å². The molecular weight excluding hydrogens is 245 g/mol. The number of likely N-dealkylation sites (tertiary alicyclic amines) is 1. The summed E-state index contributed by atoms with van der Waals surface area (Å²) in [5.74, 6) is 0. The number of hydrogen-bond acceptors (Lipinski definition) is 2. The Morgan fingerprint density at radius 2 is 2.00 bits per heavy atom. The Hall–Kier alpha value is -0.570. The summed E-state index contributed by atoms with van der Waals surface area (Å²) in [6.07, 6.45) is 2.57. The van der Waals surface area contributed by atoms with Crippen LogP contribution in [0.15, 0.2) is 24.3 Å². The molecule has 1 aromatic carbocycles. The van der Waals surface area contributed by atoms with Gasteiger partial charge in [0.2, 0.25) is 0 Å². The van der Waals surface area contributed by atoms with Crippen LogP contribution in [-0.4, -0.2) is 23.2 Å². The van der Waals surface area contributed by atoms with Gasteiger partial charge in [0.15, 0.2) is 0 Å². The summed E-state index contributed by atoms with van der Waals surface area (Å²) in [5, 5.41) is -0.377. The molecule has 0 spiro atoms. The fourth-order valence-corrected chi connectivity index (χ4v) is 2.11. The number of benzene rings is 1. The summed E-state index contributed by atoms with van der Waals surface area (Å²) < 4.78 is 0. The van der Waals surface area contributed by atoms with E-state index >= 15 is 0 Å². The molecule has 2 nitrogen and oxygen atoms in total. The lowest BCUT2D eigenvalue weighted by Gasteiger charge is -2.14. The number of halogens is 2. The first-order valence-corrected chi connectivity index (χ1v) is 5.64. The van der Waals surface area contributed by atoms with Crippen molar-refractivity contribution >= 4 is 29.3 Å². The lowest BCUT2D eigenvalue weighted by atomic mass is 10.1. The second-order valence-electron chi connectivity index (χ2n) is 3.96. The van der Waals surface area contributed by atoms with Crippen LogP contribution in [-0.2, 0) is 6.54 Å². The van der Waals surface area contributed by atoms with E-state index in [4.69, 9.17) is 11.6 Å². The van der Waals surface area contributed by atoms with Gasteiger partial charge >= 0.3 is 0 Å². The Labute approximate surface area is 107 Å². The van der Waals surface area contributed by atoms with Gasteiger partial charge in [-0.2, -0.15) is 0 Å². The smallest absolute Gasteiger partial charge is 0.252 e. The maximum atomic E-state index is 11.0. The lowest BCUT2D eigenvalue weighted by molar-refractivity contribution is 0.108. The van der Waals surface area contributed by atoms with E-state index in [-0.39, 0.29) is 17.6 Å². The van der Waals surface area contributed by atoms with Crippen LogP contribution in [0.2, 0.25) is 0 Å². The zero-order valence-corrected chi connectivity index (χ0v) is 10.6. The maximum Gasteiger partial charge on any atom is 0.252 e. The zero-order chi connectivity index (χ0) is 10.7. The summed E-state index contributed by atoms with van der Waals surface area (Å²) in [4.78, 5) is 13.4. The Bertz CT molecular complexity index is 362. The molecule has 0 aliphatic carbocycles. The summed E-state index contributed by atoms with van der Waals surface area (Å²) in [7, 11) is 0. The average molecular weight is 260 g/mol. The van der Waals surface area contributed by atoms with E-state index in [2.05, 4.69) is 4.90 Å². The first-order valence-electron chi connectivity index (χ1n) is 5.27. The van der Waals surface area contributed by atoms with E-state index in [1.807, 2.05) is 18.2 Å². The molecule has 0 amide bonds. The third-order valence-electron chi connectivity index (χ3n) is 2.76. The van der Waals surface area contributed by atoms with Crippen molar-refractivity contribution in [1.82, 2.24) is 4.90 Å². The fraction of sp³-hybridized carbons (Fsp3) is 0.417. The Kier molecular flexibility index (Phi) is 5.26. The molecular formula is C12H15Cl2NO. The van der Waals surface area contributed by atoms with Crippen molar-refractivity contribution in [2.45, 2.75) is 19.4 Å². The highest BCUT2D eigenvalue weighted by Gasteiger charge is 2.12. The molecule has 0 radical (unpaired) electrons. The van der Waals surface area contributed by atoms with Crippen LogP contribution in [0.4, 0.5) is 0 Å². The van der Waals surface area contributed by atoms with Crippen molar-refractivity contribution in [3.8, 4) is 0 Å². The summed E-state index contributed by atoms with van der Waals surface area (Å²) >= 11 is 5.44. The minimum Gasteiger partial charge on any atom is -0.299 e. The largest absolute Gasteiger partial charge is 0.299 e. The van der Waals surface area contributed by atoms with Gasteiger partial charge in [-0.15, -0.1) is 12.4 Å². The van der Waals surface area contributed by atoms with Crippen molar-refractivity contribution in [2.24, 2.45) is 0 Å². The molecule has 1 heterocycles. The summed E-state index contributed by atoms with van der Waals surface area (Å²) in [6.45, 7) is 3.26. The van der Waals surface area contributed by atoms with Crippen LogP contribution in [0.3, 0.4) is 0 Å². The number of nitrogens with zero attached hydrogens (tertiary/aromatic N) is 1. The van der Waals surface area contributed by atoms with Crippen LogP contribution in [0.1, 0.15) is 28.8 Å². The monoisotopic (exact) mass is 259 g/mol. The highest BCUT2D eigenvalue weighted by Crippen LogP contribution is 2.14. The van der Waals surface area contributed by atoms with Crippen LogP contribution in [0.25, 0.3) is 0 Å². The zero-order valence-electron chi connectivity index (χ0n) is 8.99. The number of rotatable bonds is 3. The highest BCUT2D eigenvalue weighted by molar-refractivity contribution is 6.67. The minimum atomic E-state index is -0.377. The molecule has 1 aliphatic heterocycles. The third kappa shape index (κ3) is 3.48. The maximum absolute atomic E-state index is 11.0. The first-order chi connectivity index (χ1) is 7.25. The van der Waals surface area contributed by atoms with Crippen LogP contribution in [0, 0.1) is 0 Å². The van der Waals surface area contributed by atoms with Gasteiger partial charge in [-0.05, 0) is 49.2 Å². The van der Waals surface area contributed by atoms with E-state index < -0.39 is 0 Å². The Morgan fingerprint density at radius 3 is 2.62 bits per heavy atom. The molecule has 1 fully saturated rings. The third-order valence-corrected chi connectivity index (χ3v) is 2.98. The van der Waals surface area contributed by atoms with Gasteiger partial charge in [0.1, 0.15) is 0 Å². The molecule has 88 valence electrons. The molecule has 16 heavy (non-hydrogen) atoms. The van der Waals surface area contributed by atoms with Gasteiger partial charge in [-0.25, -0.2) is 0 Å². The summed E-state index contributed by atoms with van der Waals surface area (Å²) in [6, 6.07) is 7.57. The molecule has 0 N–H and O–H groups in total. The molecule has 0 bridgehead atoms. The molecule has 4 heteroatoms. The molecule has 1 aromatic rings. The van der Waals surface area contributed by atoms with Crippen molar-refractivity contribution in [1.29, 1.82) is 0 Å². The topological polar surface area (TPSA) is 20.3 Å². The van der Waals surface area contributed by atoms with E-state index in [0.29, 0.717) is 5.56 Å². The van der Waals surface area contributed by atoms with E-state index in [0.717, 1.165) is 6.54 Å². The molecule has 0 aromatic heterocycles. The standard InChI is InChI=1S/C12H14ClNO.ClH/c13-12(15)11-5-3-4-10(8-11)9-14-6-1-2-7-14;/h3-5,8H,1-2,6-7,9H2;1H. The van der Waals surface area contributed by atoms with Crippen LogP contribution >= 0.6 is 24.0 Å². The minimum absolute atomic E-state index is 0. The van der Waals surface area contributed by atoms with Crippen molar-refractivity contribution in [3.63, 3.8) is 0 Å². The van der Waals surface area contributed by atoms with Crippen molar-refractivity contribution < 1.29 is 4.79 Å².